The quantitative estimate of drug-likeness (QED) is 0.559. The van der Waals surface area contributed by atoms with Gasteiger partial charge in [-0.05, 0) is 30.1 Å². The molecule has 0 aliphatic carbocycles. The number of unbranched alkanes of at least 4 members (excludes halogenated alkanes) is 1. The van der Waals surface area contributed by atoms with Gasteiger partial charge in [0.15, 0.2) is 0 Å². The van der Waals surface area contributed by atoms with Crippen LogP contribution < -0.4 is 0 Å². The van der Waals surface area contributed by atoms with Gasteiger partial charge in [-0.3, -0.25) is 0 Å². The first kappa shape index (κ1) is 13.0. The lowest BCUT2D eigenvalue weighted by molar-refractivity contribution is 0.198. The maximum absolute atomic E-state index is 2.42. The fourth-order valence-corrected chi connectivity index (χ4v) is 2.14. The molecule has 0 N–H and O–H groups in total. The topological polar surface area (TPSA) is 0 Å². The molecule has 0 saturated heterocycles. The zero-order chi connectivity index (χ0) is 10.4. The molecule has 2 atom stereocenters. The summed E-state index contributed by atoms with van der Waals surface area (Å²) in [6.45, 7) is 14.2. The molecular formula is C13H28. The Bertz CT molecular complexity index is 113. The van der Waals surface area contributed by atoms with Crippen molar-refractivity contribution in [2.75, 3.05) is 0 Å². The van der Waals surface area contributed by atoms with Crippen LogP contribution in [0.5, 0.6) is 0 Å². The van der Waals surface area contributed by atoms with Gasteiger partial charge in [0.05, 0.1) is 0 Å². The third kappa shape index (κ3) is 4.69. The summed E-state index contributed by atoms with van der Waals surface area (Å²) < 4.78 is 0. The molecule has 0 fully saturated rings. The first-order valence-electron chi connectivity index (χ1n) is 6.00. The molecule has 0 saturated carbocycles. The maximum atomic E-state index is 2.42. The number of hydrogen-bond donors (Lipinski definition) is 0. The van der Waals surface area contributed by atoms with E-state index in [1.807, 2.05) is 0 Å². The predicted molar refractivity (Wildman–Crippen MR) is 61.9 cm³/mol. The highest BCUT2D eigenvalue weighted by atomic mass is 14.3. The van der Waals surface area contributed by atoms with Gasteiger partial charge in [0.25, 0.3) is 0 Å². The van der Waals surface area contributed by atoms with Crippen molar-refractivity contribution in [2.45, 2.75) is 60.8 Å². The van der Waals surface area contributed by atoms with E-state index in [1.54, 1.807) is 0 Å². The lowest BCUT2D eigenvalue weighted by atomic mass is 9.76. The summed E-state index contributed by atoms with van der Waals surface area (Å²) in [5, 5.41) is 0. The largest absolute Gasteiger partial charge is 0.0654 e. The lowest BCUT2D eigenvalue weighted by Gasteiger charge is -2.30. The summed E-state index contributed by atoms with van der Waals surface area (Å²) >= 11 is 0. The Morgan fingerprint density at radius 2 is 1.38 bits per heavy atom. The second kappa shape index (κ2) is 6.45. The van der Waals surface area contributed by atoms with Gasteiger partial charge in [-0.25, -0.2) is 0 Å². The summed E-state index contributed by atoms with van der Waals surface area (Å²) in [6, 6.07) is 0. The minimum absolute atomic E-state index is 0.837. The second-order valence-corrected chi connectivity index (χ2v) is 5.15. The number of rotatable bonds is 6. The summed E-state index contributed by atoms with van der Waals surface area (Å²) in [5.74, 6) is 3.50. The van der Waals surface area contributed by atoms with Gasteiger partial charge in [0.2, 0.25) is 0 Å². The van der Waals surface area contributed by atoms with E-state index in [2.05, 4.69) is 41.5 Å². The molecule has 0 aliphatic rings. The van der Waals surface area contributed by atoms with Crippen LogP contribution in [0.3, 0.4) is 0 Å². The summed E-state index contributed by atoms with van der Waals surface area (Å²) in [5.41, 5.74) is 0. The minimum atomic E-state index is 0.837. The molecule has 80 valence electrons. The standard InChI is InChI=1S/C13H28/c1-7-8-9-13(11(4)5)12(6)10(2)3/h10-13H,7-9H2,1-6H3. The van der Waals surface area contributed by atoms with Gasteiger partial charge in [-0.2, -0.15) is 0 Å². The van der Waals surface area contributed by atoms with E-state index in [9.17, 15) is 0 Å². The van der Waals surface area contributed by atoms with Crippen LogP contribution in [0.1, 0.15) is 60.8 Å². The van der Waals surface area contributed by atoms with Crippen LogP contribution in [0.2, 0.25) is 0 Å². The van der Waals surface area contributed by atoms with Crippen LogP contribution in [0.4, 0.5) is 0 Å². The van der Waals surface area contributed by atoms with Gasteiger partial charge >= 0.3 is 0 Å². The van der Waals surface area contributed by atoms with E-state index < -0.39 is 0 Å². The Hall–Kier alpha value is 0. The van der Waals surface area contributed by atoms with Crippen molar-refractivity contribution < 1.29 is 0 Å². The van der Waals surface area contributed by atoms with Crippen LogP contribution in [-0.2, 0) is 0 Å². The highest BCUT2D eigenvalue weighted by molar-refractivity contribution is 4.71. The molecule has 0 heterocycles. The first-order chi connectivity index (χ1) is 6.00. The Labute approximate surface area is 85.1 Å². The van der Waals surface area contributed by atoms with E-state index in [0.717, 1.165) is 23.7 Å². The van der Waals surface area contributed by atoms with Crippen LogP contribution in [0.15, 0.2) is 0 Å². The van der Waals surface area contributed by atoms with Crippen LogP contribution >= 0.6 is 0 Å². The Kier molecular flexibility index (Phi) is 6.45. The third-order valence-electron chi connectivity index (χ3n) is 3.47. The van der Waals surface area contributed by atoms with Crippen molar-refractivity contribution in [2.24, 2.45) is 23.7 Å². The van der Waals surface area contributed by atoms with Crippen LogP contribution in [0.25, 0.3) is 0 Å². The van der Waals surface area contributed by atoms with Gasteiger partial charge in [-0.1, -0.05) is 54.4 Å². The number of hydrogen-bond acceptors (Lipinski definition) is 0. The lowest BCUT2D eigenvalue weighted by Crippen LogP contribution is -2.22. The normalized spacial score (nSPS) is 16.6. The summed E-state index contributed by atoms with van der Waals surface area (Å²) in [7, 11) is 0. The molecule has 0 aromatic carbocycles. The van der Waals surface area contributed by atoms with E-state index in [0.29, 0.717) is 0 Å². The molecule has 0 aromatic rings. The molecule has 0 amide bonds. The Balaban J connectivity index is 4.07. The molecule has 0 radical (unpaired) electrons. The Morgan fingerprint density at radius 3 is 1.69 bits per heavy atom. The summed E-state index contributed by atoms with van der Waals surface area (Å²) in [4.78, 5) is 0. The van der Waals surface area contributed by atoms with Gasteiger partial charge in [0.1, 0.15) is 0 Å². The molecular weight excluding hydrogens is 156 g/mol. The molecule has 0 aromatic heterocycles. The van der Waals surface area contributed by atoms with Crippen LogP contribution in [-0.4, -0.2) is 0 Å². The monoisotopic (exact) mass is 184 g/mol. The van der Waals surface area contributed by atoms with Crippen molar-refractivity contribution in [3.63, 3.8) is 0 Å². The van der Waals surface area contributed by atoms with Gasteiger partial charge in [-0.15, -0.1) is 0 Å². The average Bonchev–Trinajstić information content (AvgIpc) is 2.04. The molecule has 13 heavy (non-hydrogen) atoms. The van der Waals surface area contributed by atoms with E-state index in [-0.39, 0.29) is 0 Å². The highest BCUT2D eigenvalue weighted by Gasteiger charge is 2.22. The average molecular weight is 184 g/mol. The molecule has 0 heteroatoms. The SMILES string of the molecule is CCCCC(C(C)C)C(C)C(C)C. The van der Waals surface area contributed by atoms with Crippen molar-refractivity contribution >= 4 is 0 Å². The predicted octanol–water partition coefficient (Wildman–Crippen LogP) is 4.74. The Morgan fingerprint density at radius 1 is 0.846 bits per heavy atom. The van der Waals surface area contributed by atoms with Crippen molar-refractivity contribution in [1.82, 2.24) is 0 Å². The fraction of sp³-hybridized carbons (Fsp3) is 1.00. The van der Waals surface area contributed by atoms with Crippen molar-refractivity contribution in [3.8, 4) is 0 Å². The second-order valence-electron chi connectivity index (χ2n) is 5.15. The summed E-state index contributed by atoms with van der Waals surface area (Å²) in [6.07, 6.45) is 4.17. The molecule has 0 rings (SSSR count). The fourth-order valence-electron chi connectivity index (χ4n) is 2.14. The highest BCUT2D eigenvalue weighted by Crippen LogP contribution is 2.30. The molecule has 0 aliphatic heterocycles. The molecule has 2 unspecified atom stereocenters. The maximum Gasteiger partial charge on any atom is -0.0363 e. The van der Waals surface area contributed by atoms with E-state index in [1.165, 1.54) is 19.3 Å². The van der Waals surface area contributed by atoms with E-state index >= 15 is 0 Å². The van der Waals surface area contributed by atoms with E-state index in [4.69, 9.17) is 0 Å². The zero-order valence-electron chi connectivity index (χ0n) is 10.4. The van der Waals surface area contributed by atoms with Gasteiger partial charge < -0.3 is 0 Å². The molecule has 0 spiro atoms. The van der Waals surface area contributed by atoms with Crippen molar-refractivity contribution in [1.29, 1.82) is 0 Å². The first-order valence-corrected chi connectivity index (χ1v) is 6.00. The van der Waals surface area contributed by atoms with Crippen molar-refractivity contribution in [3.05, 3.63) is 0 Å². The van der Waals surface area contributed by atoms with Gasteiger partial charge in [0, 0.05) is 0 Å². The molecule has 0 nitrogen and oxygen atoms in total. The molecule has 0 bridgehead atoms. The third-order valence-corrected chi connectivity index (χ3v) is 3.47. The minimum Gasteiger partial charge on any atom is -0.0654 e. The smallest absolute Gasteiger partial charge is 0.0363 e. The zero-order valence-corrected chi connectivity index (χ0v) is 10.4. The van der Waals surface area contributed by atoms with Crippen LogP contribution in [0, 0.1) is 23.7 Å².